The minimum atomic E-state index is -3.55. The van der Waals surface area contributed by atoms with E-state index in [1.807, 2.05) is 41.1 Å². The Morgan fingerprint density at radius 2 is 1.33 bits per heavy atom. The van der Waals surface area contributed by atoms with E-state index in [1.54, 1.807) is 36.4 Å². The summed E-state index contributed by atoms with van der Waals surface area (Å²) in [6, 6.07) is 25.7. The van der Waals surface area contributed by atoms with Crippen LogP contribution in [-0.2, 0) is 25.2 Å². The molecule has 10 heteroatoms. The van der Waals surface area contributed by atoms with Crippen LogP contribution in [0.5, 0.6) is 0 Å². The molecule has 0 radical (unpaired) electrons. The maximum Gasteiger partial charge on any atom is 0.347 e. The second-order valence-electron chi connectivity index (χ2n) is 11.5. The molecule has 0 aromatic heterocycles. The van der Waals surface area contributed by atoms with E-state index in [1.165, 1.54) is 55.4 Å². The van der Waals surface area contributed by atoms with E-state index in [9.17, 15) is 23.1 Å². The van der Waals surface area contributed by atoms with Crippen LogP contribution in [0.1, 0.15) is 60.0 Å². The summed E-state index contributed by atoms with van der Waals surface area (Å²) in [5, 5.41) is 11.6. The lowest BCUT2D eigenvalue weighted by atomic mass is 9.86. The highest BCUT2D eigenvalue weighted by Crippen LogP contribution is 2.46. The predicted molar refractivity (Wildman–Crippen MR) is 152 cm³/mol. The standard InChI is InChI=1S/C25H30NO3.C7H5NO3S.ClH/c27-24(25(28,19-9-3-1-4-10-19)20-11-5-2-6-12-20)29-23-17-21-13-14-22(18-23)26(21)15-7-8-16-26;9-7-5-3-1-2-4-6(5)12(10,11)8-7;/h1-6,9-12,21-23,28H,7-8,13-18H2;1-4H,(H,8,9);1H/q+1;;/p-1/t21-,22+,23?;;. The van der Waals surface area contributed by atoms with Gasteiger partial charge in [-0.3, -0.25) is 4.79 Å². The smallest absolute Gasteiger partial charge is 0.347 e. The van der Waals surface area contributed by atoms with Gasteiger partial charge in [0.25, 0.3) is 15.9 Å². The van der Waals surface area contributed by atoms with Crippen molar-refractivity contribution in [2.45, 2.75) is 67.2 Å². The molecule has 4 aliphatic rings. The largest absolute Gasteiger partial charge is 1.00 e. The number of nitrogens with zero attached hydrogens (tertiary/aromatic N) is 1. The van der Waals surface area contributed by atoms with Crippen molar-refractivity contribution in [1.82, 2.24) is 4.72 Å². The zero-order valence-corrected chi connectivity index (χ0v) is 24.8. The molecule has 0 saturated carbocycles. The third-order valence-electron chi connectivity index (χ3n) is 9.36. The third kappa shape index (κ3) is 5.24. The first-order valence-corrected chi connectivity index (χ1v) is 15.8. The van der Waals surface area contributed by atoms with Gasteiger partial charge in [-0.2, -0.15) is 0 Å². The van der Waals surface area contributed by atoms with Crippen LogP contribution in [0.4, 0.5) is 0 Å². The number of halogens is 1. The molecule has 1 unspecified atom stereocenters. The van der Waals surface area contributed by atoms with Gasteiger partial charge in [-0.15, -0.1) is 0 Å². The van der Waals surface area contributed by atoms with E-state index in [-0.39, 0.29) is 29.0 Å². The first-order valence-electron chi connectivity index (χ1n) is 14.3. The quantitative estimate of drug-likeness (QED) is 0.336. The molecule has 0 aliphatic carbocycles. The molecule has 1 spiro atoms. The summed E-state index contributed by atoms with van der Waals surface area (Å²) in [4.78, 5) is 24.5. The van der Waals surface area contributed by atoms with Gasteiger partial charge in [0.1, 0.15) is 11.0 Å². The number of aliphatic hydroxyl groups is 1. The monoisotopic (exact) mass is 610 g/mol. The highest BCUT2D eigenvalue weighted by atomic mass is 35.5. The van der Waals surface area contributed by atoms with Crippen molar-refractivity contribution in [3.8, 4) is 0 Å². The van der Waals surface area contributed by atoms with Crippen LogP contribution in [0.3, 0.4) is 0 Å². The molecule has 8 nitrogen and oxygen atoms in total. The Labute approximate surface area is 252 Å². The van der Waals surface area contributed by atoms with Crippen molar-refractivity contribution < 1.29 is 44.7 Å². The van der Waals surface area contributed by atoms with Gasteiger partial charge in [0.05, 0.1) is 30.7 Å². The van der Waals surface area contributed by atoms with Gasteiger partial charge in [0, 0.05) is 38.5 Å². The van der Waals surface area contributed by atoms with E-state index in [4.69, 9.17) is 4.74 Å². The Morgan fingerprint density at radius 1 is 0.833 bits per heavy atom. The molecule has 3 fully saturated rings. The molecule has 2 bridgehead atoms. The topological polar surface area (TPSA) is 110 Å². The summed E-state index contributed by atoms with van der Waals surface area (Å²) >= 11 is 0. The molecule has 2 N–H and O–H groups in total. The van der Waals surface area contributed by atoms with Crippen LogP contribution in [-0.4, -0.2) is 61.2 Å². The molecule has 3 aromatic rings. The van der Waals surface area contributed by atoms with E-state index in [0.717, 1.165) is 12.8 Å². The number of carbonyl (C=O) groups excluding carboxylic acids is 2. The van der Waals surface area contributed by atoms with Gasteiger partial charge in [-0.05, 0) is 23.3 Å². The third-order valence-corrected chi connectivity index (χ3v) is 10.7. The number of hydrogen-bond donors (Lipinski definition) is 2. The van der Waals surface area contributed by atoms with Gasteiger partial charge in [0.15, 0.2) is 0 Å². The molecule has 42 heavy (non-hydrogen) atoms. The van der Waals surface area contributed by atoms with Crippen molar-refractivity contribution in [2.75, 3.05) is 13.1 Å². The van der Waals surface area contributed by atoms with E-state index in [0.29, 0.717) is 23.2 Å². The number of sulfonamides is 1. The number of rotatable bonds is 4. The normalized spacial score (nSPS) is 24.5. The SMILES string of the molecule is O=C(OC1C[C@H]2CC[C@@H](C1)[N+]21CCCC1)C(O)(c1ccccc1)c1ccccc1.O=C1NS(=O)(=O)c2ccccc21.[Cl-]. The Hall–Kier alpha value is -3.24. The lowest BCUT2D eigenvalue weighted by Crippen LogP contribution is -3.00. The fourth-order valence-corrected chi connectivity index (χ4v) is 8.60. The fourth-order valence-electron chi connectivity index (χ4n) is 7.42. The molecule has 3 atom stereocenters. The van der Waals surface area contributed by atoms with E-state index in [2.05, 4.69) is 0 Å². The van der Waals surface area contributed by atoms with E-state index >= 15 is 0 Å². The van der Waals surface area contributed by atoms with Crippen LogP contribution >= 0.6 is 0 Å². The summed E-state index contributed by atoms with van der Waals surface area (Å²) in [6.07, 6.45) is 6.94. The highest BCUT2D eigenvalue weighted by Gasteiger charge is 2.56. The summed E-state index contributed by atoms with van der Waals surface area (Å²) in [5.41, 5.74) is -0.451. The van der Waals surface area contributed by atoms with Crippen LogP contribution < -0.4 is 17.1 Å². The van der Waals surface area contributed by atoms with Gasteiger partial charge >= 0.3 is 5.97 Å². The Kier molecular flexibility index (Phi) is 8.49. The number of quaternary nitrogens is 1. The summed E-state index contributed by atoms with van der Waals surface area (Å²) in [5.74, 6) is -1.10. The first-order chi connectivity index (χ1) is 19.7. The zero-order chi connectivity index (χ0) is 28.7. The van der Waals surface area contributed by atoms with Crippen molar-refractivity contribution >= 4 is 21.9 Å². The number of piperidine rings is 1. The van der Waals surface area contributed by atoms with Crippen molar-refractivity contribution in [3.63, 3.8) is 0 Å². The number of fused-ring (bicyclic) bond motifs is 1. The number of ether oxygens (including phenoxy) is 1. The summed E-state index contributed by atoms with van der Waals surface area (Å²) in [6.45, 7) is 2.60. The Bertz CT molecular complexity index is 1490. The average Bonchev–Trinajstić information content (AvgIpc) is 3.61. The molecular formula is C32H35ClN2O6S. The van der Waals surface area contributed by atoms with E-state index < -0.39 is 27.5 Å². The molecule has 3 saturated heterocycles. The minimum absolute atomic E-state index is 0. The highest BCUT2D eigenvalue weighted by molar-refractivity contribution is 7.90. The predicted octanol–water partition coefficient (Wildman–Crippen LogP) is 0.892. The number of benzene rings is 3. The fraction of sp³-hybridized carbons (Fsp3) is 0.375. The van der Waals surface area contributed by atoms with Crippen LogP contribution in [0.2, 0.25) is 0 Å². The maximum absolute atomic E-state index is 13.4. The molecule has 1 amide bonds. The van der Waals surface area contributed by atoms with Crippen LogP contribution in [0.25, 0.3) is 0 Å². The maximum atomic E-state index is 13.4. The van der Waals surface area contributed by atoms with Gasteiger partial charge in [-0.25, -0.2) is 17.9 Å². The molecule has 7 rings (SSSR count). The lowest BCUT2D eigenvalue weighted by Gasteiger charge is -2.47. The number of nitrogens with one attached hydrogen (secondary N) is 1. The van der Waals surface area contributed by atoms with Crippen molar-refractivity contribution in [1.29, 1.82) is 0 Å². The summed E-state index contributed by atoms with van der Waals surface area (Å²) < 4.78 is 31.5. The molecule has 222 valence electrons. The Balaban J connectivity index is 0.000000228. The van der Waals surface area contributed by atoms with Gasteiger partial charge in [0.2, 0.25) is 5.60 Å². The second-order valence-corrected chi connectivity index (χ2v) is 13.2. The first kappa shape index (κ1) is 30.2. The van der Waals surface area contributed by atoms with Crippen LogP contribution in [0.15, 0.2) is 89.8 Å². The number of hydrogen-bond acceptors (Lipinski definition) is 6. The van der Waals surface area contributed by atoms with Crippen molar-refractivity contribution in [2.24, 2.45) is 0 Å². The Morgan fingerprint density at radius 3 is 1.86 bits per heavy atom. The minimum Gasteiger partial charge on any atom is -1.00 e. The number of amides is 1. The van der Waals surface area contributed by atoms with Crippen LogP contribution in [0, 0.1) is 0 Å². The second kappa shape index (κ2) is 11.8. The van der Waals surface area contributed by atoms with Gasteiger partial charge < -0.3 is 26.7 Å². The summed E-state index contributed by atoms with van der Waals surface area (Å²) in [7, 11) is -3.55. The number of carbonyl (C=O) groups is 2. The van der Waals surface area contributed by atoms with Crippen molar-refractivity contribution in [3.05, 3.63) is 102 Å². The average molecular weight is 611 g/mol. The lowest BCUT2D eigenvalue weighted by molar-refractivity contribution is -0.956. The molecule has 4 heterocycles. The van der Waals surface area contributed by atoms with Gasteiger partial charge in [-0.1, -0.05) is 72.8 Å². The number of esters is 1. The molecular weight excluding hydrogens is 576 g/mol. The molecule has 3 aromatic carbocycles. The zero-order valence-electron chi connectivity index (χ0n) is 23.2. The molecule has 4 aliphatic heterocycles.